The molecule has 1 atom stereocenters. The van der Waals surface area contributed by atoms with Crippen LogP contribution in [0.2, 0.25) is 5.02 Å². The van der Waals surface area contributed by atoms with Gasteiger partial charge in [0.25, 0.3) is 11.8 Å². The van der Waals surface area contributed by atoms with E-state index in [2.05, 4.69) is 29.2 Å². The molecular weight excluding hydrogens is 726 g/mol. The van der Waals surface area contributed by atoms with E-state index in [0.717, 1.165) is 48.5 Å². The number of carbonyl (C=O) groups excluding carboxylic acids is 2. The molecule has 0 aliphatic carbocycles. The van der Waals surface area contributed by atoms with Crippen molar-refractivity contribution in [2.75, 3.05) is 52.0 Å². The molecule has 0 radical (unpaired) electrons. The normalized spacial score (nSPS) is 15.5. The number of rotatable bonds is 10. The average Bonchev–Trinajstić information content (AvgIpc) is 3.52. The van der Waals surface area contributed by atoms with Crippen LogP contribution in [0.1, 0.15) is 54.2 Å². The fourth-order valence-corrected chi connectivity index (χ4v) is 8.10. The molecule has 1 fully saturated rings. The summed E-state index contributed by atoms with van der Waals surface area (Å²) in [6.07, 6.45) is 0.735. The van der Waals surface area contributed by atoms with Gasteiger partial charge >= 0.3 is 0 Å². The second-order valence-electron chi connectivity index (χ2n) is 14.4. The van der Waals surface area contributed by atoms with E-state index in [0.29, 0.717) is 69.9 Å². The molecule has 1 saturated heterocycles. The Morgan fingerprint density at radius 3 is 2.32 bits per heavy atom. The summed E-state index contributed by atoms with van der Waals surface area (Å²) in [5.74, 6) is 0.749. The smallest absolute Gasteiger partial charge is 0.260 e. The maximum atomic E-state index is 15.1. The summed E-state index contributed by atoms with van der Waals surface area (Å²) in [5, 5.41) is 9.85. The summed E-state index contributed by atoms with van der Waals surface area (Å²) in [6.45, 7) is 8.30. The van der Waals surface area contributed by atoms with Gasteiger partial charge in [-0.1, -0.05) is 48.0 Å². The number of nitriles is 1. The summed E-state index contributed by atoms with van der Waals surface area (Å²) in [7, 11) is 5.06. The Labute approximate surface area is 333 Å². The Morgan fingerprint density at radius 2 is 1.62 bits per heavy atom. The number of benzene rings is 4. The van der Waals surface area contributed by atoms with E-state index < -0.39 is 0 Å². The van der Waals surface area contributed by atoms with E-state index in [1.54, 1.807) is 55.5 Å². The molecule has 0 saturated carbocycles. The van der Waals surface area contributed by atoms with Crippen molar-refractivity contribution in [2.45, 2.75) is 39.4 Å². The molecule has 2 amide bonds. The van der Waals surface area contributed by atoms with Gasteiger partial charge in [-0.15, -0.1) is 0 Å². The molecule has 7 rings (SSSR count). The number of ether oxygens (including phenoxy) is 3. The van der Waals surface area contributed by atoms with Crippen molar-refractivity contribution in [3.8, 4) is 28.8 Å². The lowest BCUT2D eigenvalue weighted by Gasteiger charge is -2.40. The van der Waals surface area contributed by atoms with Gasteiger partial charge in [0.1, 0.15) is 11.5 Å². The number of nitrogens with zero attached hydrogens (tertiary/aromatic N) is 5. The second-order valence-corrected chi connectivity index (χ2v) is 14.8. The number of halogens is 1. The van der Waals surface area contributed by atoms with Crippen molar-refractivity contribution in [3.63, 3.8) is 0 Å². The van der Waals surface area contributed by atoms with Gasteiger partial charge in [-0.3, -0.25) is 14.5 Å². The predicted molar refractivity (Wildman–Crippen MR) is 218 cm³/mol. The average molecular weight is 772 g/mol. The second kappa shape index (κ2) is 16.6. The molecule has 0 unspecified atom stereocenters. The monoisotopic (exact) mass is 771 g/mol. The summed E-state index contributed by atoms with van der Waals surface area (Å²) in [4.78, 5) is 36.0. The van der Waals surface area contributed by atoms with Crippen LogP contribution in [-0.2, 0) is 31.3 Å². The number of fused-ring (bicyclic) bond motifs is 1. The molecule has 4 aromatic carbocycles. The van der Waals surface area contributed by atoms with Crippen LogP contribution in [0.25, 0.3) is 11.3 Å². The first-order valence-corrected chi connectivity index (χ1v) is 19.2. The molecule has 0 N–H and O–H groups in total. The number of methoxy groups -OCH3 is 2. The third-order valence-electron chi connectivity index (χ3n) is 11.3. The minimum Gasteiger partial charge on any atom is -0.496 e. The van der Waals surface area contributed by atoms with Crippen LogP contribution in [0.3, 0.4) is 0 Å². The van der Waals surface area contributed by atoms with Crippen LogP contribution in [-0.4, -0.2) is 79.3 Å². The van der Waals surface area contributed by atoms with Gasteiger partial charge in [-0.25, -0.2) is 0 Å². The highest BCUT2D eigenvalue weighted by atomic mass is 35.5. The van der Waals surface area contributed by atoms with Gasteiger partial charge in [0, 0.05) is 61.9 Å². The van der Waals surface area contributed by atoms with Crippen LogP contribution >= 0.6 is 11.6 Å². The van der Waals surface area contributed by atoms with Crippen molar-refractivity contribution >= 4 is 29.1 Å². The van der Waals surface area contributed by atoms with Gasteiger partial charge in [0.15, 0.2) is 0 Å². The van der Waals surface area contributed by atoms with Gasteiger partial charge in [0.2, 0.25) is 0 Å². The summed E-state index contributed by atoms with van der Waals surface area (Å²) in [5.41, 5.74) is 8.24. The molecule has 2 aliphatic rings. The fourth-order valence-electron chi connectivity index (χ4n) is 7.86. The zero-order valence-electron chi connectivity index (χ0n) is 32.5. The fraction of sp³-hybridized carbons (Fsp3) is 0.311. The van der Waals surface area contributed by atoms with E-state index in [1.807, 2.05) is 60.7 Å². The molecule has 5 aromatic rings. The molecular formula is C45H46ClN5O5. The van der Waals surface area contributed by atoms with Gasteiger partial charge in [-0.2, -0.15) is 5.26 Å². The predicted octanol–water partition coefficient (Wildman–Crippen LogP) is 7.60. The molecule has 288 valence electrons. The van der Waals surface area contributed by atoms with E-state index in [1.165, 1.54) is 5.56 Å². The number of amides is 2. The van der Waals surface area contributed by atoms with Crippen molar-refractivity contribution in [3.05, 3.63) is 135 Å². The Hall–Kier alpha value is -5.60. The standard InChI is InChI=1S/C45H46ClN5O5/c1-29-33(11-8-12-42(29)54-4)26-50(35-15-13-31(25-47)14-16-35)44(52)37-23-41(48(3)30(37)2)38-22-40(46)43(55-5)24-39(38)45(53)51-27-34-10-7-6-9-32(34)21-36(51)28-49-17-19-56-20-18-49/h6-16,22-24,36H,17-21,26-28H2,1-5H3/t36-/m0/s1. The van der Waals surface area contributed by atoms with Crippen molar-refractivity contribution in [1.29, 1.82) is 5.26 Å². The first kappa shape index (κ1) is 38.7. The number of anilines is 1. The van der Waals surface area contributed by atoms with E-state index in [9.17, 15) is 10.1 Å². The minimum atomic E-state index is -0.234. The highest BCUT2D eigenvalue weighted by Gasteiger charge is 2.34. The highest BCUT2D eigenvalue weighted by Crippen LogP contribution is 2.38. The molecule has 2 aliphatic heterocycles. The van der Waals surface area contributed by atoms with Gasteiger partial charge in [0.05, 0.1) is 61.8 Å². The molecule has 10 nitrogen and oxygen atoms in total. The lowest BCUT2D eigenvalue weighted by atomic mass is 9.92. The number of hydrogen-bond donors (Lipinski definition) is 0. The number of carbonyl (C=O) groups is 2. The lowest BCUT2D eigenvalue weighted by Crippen LogP contribution is -2.52. The largest absolute Gasteiger partial charge is 0.496 e. The first-order valence-electron chi connectivity index (χ1n) is 18.8. The quantitative estimate of drug-likeness (QED) is 0.144. The van der Waals surface area contributed by atoms with Crippen LogP contribution in [0.5, 0.6) is 11.5 Å². The van der Waals surface area contributed by atoms with Crippen molar-refractivity contribution in [1.82, 2.24) is 14.4 Å². The Kier molecular flexibility index (Phi) is 11.5. The molecule has 11 heteroatoms. The van der Waals surface area contributed by atoms with Crippen LogP contribution < -0.4 is 14.4 Å². The maximum Gasteiger partial charge on any atom is 0.260 e. The molecule has 56 heavy (non-hydrogen) atoms. The van der Waals surface area contributed by atoms with Crippen LogP contribution in [0, 0.1) is 25.2 Å². The molecule has 0 spiro atoms. The van der Waals surface area contributed by atoms with E-state index >= 15 is 4.79 Å². The molecule has 0 bridgehead atoms. The number of aromatic nitrogens is 1. The Morgan fingerprint density at radius 1 is 0.911 bits per heavy atom. The van der Waals surface area contributed by atoms with Gasteiger partial charge < -0.3 is 28.6 Å². The number of hydrogen-bond acceptors (Lipinski definition) is 7. The van der Waals surface area contributed by atoms with Crippen LogP contribution in [0.4, 0.5) is 5.69 Å². The maximum absolute atomic E-state index is 15.1. The van der Waals surface area contributed by atoms with Crippen molar-refractivity contribution < 1.29 is 23.8 Å². The topological polar surface area (TPSA) is 100 Å². The molecule has 1 aromatic heterocycles. The minimum absolute atomic E-state index is 0.0710. The SMILES string of the molecule is COc1cc(C(=O)N2Cc3ccccc3C[C@H]2CN2CCOCC2)c(-c2cc(C(=O)N(Cc3cccc(OC)c3C)c3ccc(C#N)cc3)c(C)n2C)cc1Cl. The zero-order chi connectivity index (χ0) is 39.5. The zero-order valence-corrected chi connectivity index (χ0v) is 33.2. The summed E-state index contributed by atoms with van der Waals surface area (Å²) in [6, 6.07) is 28.5. The highest BCUT2D eigenvalue weighted by molar-refractivity contribution is 6.32. The number of morpholine rings is 1. The van der Waals surface area contributed by atoms with Gasteiger partial charge in [-0.05, 0) is 91.1 Å². The third-order valence-corrected chi connectivity index (χ3v) is 11.5. The van der Waals surface area contributed by atoms with E-state index in [4.69, 9.17) is 25.8 Å². The molecule has 3 heterocycles. The Bertz CT molecular complexity index is 2310. The summed E-state index contributed by atoms with van der Waals surface area (Å²) < 4.78 is 18.8. The summed E-state index contributed by atoms with van der Waals surface area (Å²) >= 11 is 6.83. The van der Waals surface area contributed by atoms with Crippen molar-refractivity contribution in [2.24, 2.45) is 7.05 Å². The van der Waals surface area contributed by atoms with E-state index in [-0.39, 0.29) is 24.4 Å². The Balaban J connectivity index is 1.30. The third kappa shape index (κ3) is 7.63. The lowest BCUT2D eigenvalue weighted by molar-refractivity contribution is 0.0193. The van der Waals surface area contributed by atoms with Crippen LogP contribution in [0.15, 0.2) is 84.9 Å². The first-order chi connectivity index (χ1) is 27.1.